The van der Waals surface area contributed by atoms with Crippen LogP contribution in [0.1, 0.15) is 65.3 Å². The minimum Gasteiger partial charge on any atom is -0.335 e. The molecule has 2 saturated heterocycles. The molecule has 0 aromatic heterocycles. The van der Waals surface area contributed by atoms with Gasteiger partial charge in [0.25, 0.3) is 5.91 Å². The second kappa shape index (κ2) is 8.16. The maximum absolute atomic E-state index is 13.2. The van der Waals surface area contributed by atoms with Gasteiger partial charge >= 0.3 is 0 Å². The highest BCUT2D eigenvalue weighted by Crippen LogP contribution is 2.40. The predicted molar refractivity (Wildman–Crippen MR) is 121 cm³/mol. The second-order valence-corrected chi connectivity index (χ2v) is 9.38. The lowest BCUT2D eigenvalue weighted by Gasteiger charge is -2.49. The number of fused-ring (bicyclic) bond motifs is 4. The summed E-state index contributed by atoms with van der Waals surface area (Å²) in [5, 5.41) is 3.77. The summed E-state index contributed by atoms with van der Waals surface area (Å²) in [6.07, 6.45) is 4.94. The maximum atomic E-state index is 13.2. The van der Waals surface area contributed by atoms with Crippen molar-refractivity contribution in [2.24, 2.45) is 5.92 Å². The Morgan fingerprint density at radius 2 is 2.03 bits per heavy atom. The molecule has 4 nitrogen and oxygen atoms in total. The zero-order valence-corrected chi connectivity index (χ0v) is 18.2. The first kappa shape index (κ1) is 19.8. The summed E-state index contributed by atoms with van der Waals surface area (Å²) in [6.45, 7) is 5.60. The summed E-state index contributed by atoms with van der Waals surface area (Å²) in [5.41, 5.74) is 4.80. The smallest absolute Gasteiger partial charge is 0.254 e. The third-order valence-corrected chi connectivity index (χ3v) is 7.71. The average Bonchev–Trinajstić information content (AvgIpc) is 2.81. The minimum absolute atomic E-state index is 0.0536. The van der Waals surface area contributed by atoms with Crippen molar-refractivity contribution >= 4 is 5.91 Å². The molecule has 0 radical (unpaired) electrons. The molecule has 0 spiro atoms. The van der Waals surface area contributed by atoms with Crippen LogP contribution in [0.5, 0.6) is 0 Å². The molecule has 0 bridgehead atoms. The van der Waals surface area contributed by atoms with Gasteiger partial charge in [-0.2, -0.15) is 0 Å². The van der Waals surface area contributed by atoms with Gasteiger partial charge in [0.1, 0.15) is 0 Å². The van der Waals surface area contributed by atoms with Gasteiger partial charge in [-0.1, -0.05) is 36.4 Å². The molecule has 3 aliphatic rings. The van der Waals surface area contributed by atoms with Gasteiger partial charge in [0.05, 0.1) is 6.04 Å². The fourth-order valence-electron chi connectivity index (χ4n) is 5.78. The van der Waals surface area contributed by atoms with Crippen LogP contribution in [0.2, 0.25) is 0 Å². The Balaban J connectivity index is 1.35. The van der Waals surface area contributed by atoms with Crippen LogP contribution < -0.4 is 5.32 Å². The van der Waals surface area contributed by atoms with Gasteiger partial charge in [0, 0.05) is 37.8 Å². The first-order valence-electron chi connectivity index (χ1n) is 11.5. The van der Waals surface area contributed by atoms with Crippen molar-refractivity contribution in [3.05, 3.63) is 70.8 Å². The van der Waals surface area contributed by atoms with Gasteiger partial charge in [-0.3, -0.25) is 9.69 Å². The van der Waals surface area contributed by atoms with Crippen molar-refractivity contribution < 1.29 is 4.79 Å². The summed E-state index contributed by atoms with van der Waals surface area (Å²) in [6, 6.07) is 17.9. The largest absolute Gasteiger partial charge is 0.335 e. The van der Waals surface area contributed by atoms with E-state index in [4.69, 9.17) is 0 Å². The van der Waals surface area contributed by atoms with E-state index in [1.165, 1.54) is 49.0 Å². The van der Waals surface area contributed by atoms with Crippen molar-refractivity contribution in [3.63, 3.8) is 0 Å². The molecule has 4 heteroatoms. The van der Waals surface area contributed by atoms with Gasteiger partial charge in [-0.25, -0.2) is 0 Å². The van der Waals surface area contributed by atoms with E-state index in [9.17, 15) is 4.79 Å². The Morgan fingerprint density at radius 1 is 1.20 bits per heavy atom. The topological polar surface area (TPSA) is 35.6 Å². The maximum Gasteiger partial charge on any atom is 0.254 e. The number of hydrogen-bond acceptors (Lipinski definition) is 3. The summed E-state index contributed by atoms with van der Waals surface area (Å²) in [5.74, 6) is 0.916. The summed E-state index contributed by atoms with van der Waals surface area (Å²) >= 11 is 0. The fourth-order valence-corrected chi connectivity index (χ4v) is 5.78. The Bertz CT molecular complexity index is 912. The lowest BCUT2D eigenvalue weighted by atomic mass is 9.77. The Morgan fingerprint density at radius 3 is 2.87 bits per heavy atom. The monoisotopic (exact) mass is 403 g/mol. The second-order valence-electron chi connectivity index (χ2n) is 9.38. The SMILES string of the molecule is C[C@H](c1ccccc1)N(C)C(=O)c1ccc2c(c1)CCN1C[C@H]3CCCN[C@H]3C[C@@H]21. The number of nitrogens with one attached hydrogen (secondary N) is 1. The van der Waals surface area contributed by atoms with E-state index in [0.29, 0.717) is 12.1 Å². The quantitative estimate of drug-likeness (QED) is 0.835. The van der Waals surface area contributed by atoms with Crippen LogP contribution in [0.3, 0.4) is 0 Å². The molecule has 1 N–H and O–H groups in total. The number of carbonyl (C=O) groups is 1. The molecule has 3 aliphatic heterocycles. The zero-order chi connectivity index (χ0) is 20.7. The Labute approximate surface area is 180 Å². The summed E-state index contributed by atoms with van der Waals surface area (Å²) in [4.78, 5) is 17.8. The van der Waals surface area contributed by atoms with Crippen molar-refractivity contribution in [1.82, 2.24) is 15.1 Å². The number of piperidine rings is 2. The minimum atomic E-state index is 0.0536. The number of hydrogen-bond donors (Lipinski definition) is 1. The van der Waals surface area contributed by atoms with Crippen LogP contribution in [0, 0.1) is 5.92 Å². The fraction of sp³-hybridized carbons (Fsp3) is 0.500. The highest BCUT2D eigenvalue weighted by Gasteiger charge is 2.39. The first-order chi connectivity index (χ1) is 14.6. The molecule has 3 heterocycles. The van der Waals surface area contributed by atoms with Crippen LogP contribution in [-0.2, 0) is 6.42 Å². The molecular weight excluding hydrogens is 370 g/mol. The van der Waals surface area contributed by atoms with E-state index in [2.05, 4.69) is 47.5 Å². The first-order valence-corrected chi connectivity index (χ1v) is 11.5. The van der Waals surface area contributed by atoms with Crippen LogP contribution in [0.25, 0.3) is 0 Å². The third-order valence-electron chi connectivity index (χ3n) is 7.71. The summed E-state index contributed by atoms with van der Waals surface area (Å²) < 4.78 is 0. The molecule has 2 fully saturated rings. The number of rotatable bonds is 3. The van der Waals surface area contributed by atoms with E-state index in [1.807, 2.05) is 30.1 Å². The molecule has 158 valence electrons. The third kappa shape index (κ3) is 3.57. The Hall–Kier alpha value is -2.17. The van der Waals surface area contributed by atoms with Crippen LogP contribution in [0.4, 0.5) is 0 Å². The van der Waals surface area contributed by atoms with Gasteiger partial charge in [-0.05, 0) is 73.9 Å². The zero-order valence-electron chi connectivity index (χ0n) is 18.2. The molecule has 5 rings (SSSR count). The standard InChI is InChI=1S/C26H33N3O/c1-18(19-7-4-3-5-8-19)28(2)26(30)21-10-11-23-20(15-21)12-14-29-17-22-9-6-13-27-24(22)16-25(23)29/h3-5,7-8,10-11,15,18,22,24-25,27H,6,9,12-14,16-17H2,1-2H3/t18-,22-,24+,25+/m1/s1. The van der Waals surface area contributed by atoms with Crippen molar-refractivity contribution in [1.29, 1.82) is 0 Å². The van der Waals surface area contributed by atoms with Gasteiger partial charge in [-0.15, -0.1) is 0 Å². The molecular formula is C26H33N3O. The molecule has 30 heavy (non-hydrogen) atoms. The molecule has 0 aliphatic carbocycles. The van der Waals surface area contributed by atoms with Crippen LogP contribution >= 0.6 is 0 Å². The van der Waals surface area contributed by atoms with E-state index in [0.717, 1.165) is 24.4 Å². The predicted octanol–water partition coefficient (Wildman–Crippen LogP) is 4.19. The van der Waals surface area contributed by atoms with Crippen LogP contribution in [0.15, 0.2) is 48.5 Å². The molecule has 2 aromatic rings. The average molecular weight is 404 g/mol. The lowest BCUT2D eigenvalue weighted by molar-refractivity contribution is 0.0551. The van der Waals surface area contributed by atoms with E-state index in [-0.39, 0.29) is 11.9 Å². The van der Waals surface area contributed by atoms with Crippen molar-refractivity contribution in [2.45, 2.75) is 50.7 Å². The van der Waals surface area contributed by atoms with Crippen molar-refractivity contribution in [3.8, 4) is 0 Å². The lowest BCUT2D eigenvalue weighted by Crippen LogP contribution is -2.54. The van der Waals surface area contributed by atoms with Gasteiger partial charge in [0.15, 0.2) is 0 Å². The van der Waals surface area contributed by atoms with E-state index >= 15 is 0 Å². The molecule has 0 unspecified atom stereocenters. The highest BCUT2D eigenvalue weighted by molar-refractivity contribution is 5.94. The summed E-state index contributed by atoms with van der Waals surface area (Å²) in [7, 11) is 1.91. The van der Waals surface area contributed by atoms with Gasteiger partial charge < -0.3 is 10.2 Å². The molecule has 0 saturated carbocycles. The number of benzene rings is 2. The van der Waals surface area contributed by atoms with Crippen LogP contribution in [-0.4, -0.2) is 48.4 Å². The van der Waals surface area contributed by atoms with E-state index < -0.39 is 0 Å². The normalized spacial score (nSPS) is 26.8. The van der Waals surface area contributed by atoms with E-state index in [1.54, 1.807) is 0 Å². The number of amides is 1. The Kier molecular flexibility index (Phi) is 5.38. The van der Waals surface area contributed by atoms with Crippen molar-refractivity contribution in [2.75, 3.05) is 26.7 Å². The van der Waals surface area contributed by atoms with Gasteiger partial charge in [0.2, 0.25) is 0 Å². The number of nitrogens with zero attached hydrogens (tertiary/aromatic N) is 2. The highest BCUT2D eigenvalue weighted by atomic mass is 16.2. The molecule has 2 aromatic carbocycles. The number of carbonyl (C=O) groups excluding carboxylic acids is 1. The molecule has 4 atom stereocenters. The molecule has 1 amide bonds.